The molecule has 1 unspecified atom stereocenters. The molecule has 0 spiro atoms. The summed E-state index contributed by atoms with van der Waals surface area (Å²) in [6.07, 6.45) is 1.67. The third kappa shape index (κ3) is 3.68. The Hall–Kier alpha value is -2.96. The van der Waals surface area contributed by atoms with Gasteiger partial charge in [-0.15, -0.1) is 0 Å². The monoisotopic (exact) mass is 329 g/mol. The summed E-state index contributed by atoms with van der Waals surface area (Å²) in [7, 11) is 1.56. The van der Waals surface area contributed by atoms with Crippen LogP contribution in [0.1, 0.15) is 24.1 Å². The van der Waals surface area contributed by atoms with Crippen molar-refractivity contribution in [1.29, 1.82) is 0 Å². The number of hydrogen-bond donors (Lipinski definition) is 2. The van der Waals surface area contributed by atoms with Crippen LogP contribution in [0.5, 0.6) is 17.4 Å². The molecular formula is C17H19N3O4. The first-order valence-corrected chi connectivity index (χ1v) is 7.58. The number of rotatable bonds is 5. The SMILES string of the molecule is COc1ccc(CNC(=O)NC(C)c2ccc3c(c2)OCO3)cn1. The van der Waals surface area contributed by atoms with Gasteiger partial charge in [-0.05, 0) is 30.2 Å². The molecule has 7 nitrogen and oxygen atoms in total. The lowest BCUT2D eigenvalue weighted by molar-refractivity contribution is 0.174. The molecule has 0 aliphatic carbocycles. The van der Waals surface area contributed by atoms with Crippen LogP contribution in [0.3, 0.4) is 0 Å². The van der Waals surface area contributed by atoms with E-state index in [0.29, 0.717) is 18.2 Å². The number of carbonyl (C=O) groups excluding carboxylic acids is 1. The number of aromatic nitrogens is 1. The van der Waals surface area contributed by atoms with Gasteiger partial charge >= 0.3 is 6.03 Å². The highest BCUT2D eigenvalue weighted by molar-refractivity contribution is 5.74. The van der Waals surface area contributed by atoms with Crippen LogP contribution in [0.4, 0.5) is 4.79 Å². The molecule has 0 fully saturated rings. The van der Waals surface area contributed by atoms with Gasteiger partial charge in [-0.3, -0.25) is 0 Å². The lowest BCUT2D eigenvalue weighted by Crippen LogP contribution is -2.36. The number of amides is 2. The first-order chi connectivity index (χ1) is 11.7. The van der Waals surface area contributed by atoms with Crippen LogP contribution >= 0.6 is 0 Å². The highest BCUT2D eigenvalue weighted by Crippen LogP contribution is 2.34. The fourth-order valence-electron chi connectivity index (χ4n) is 2.33. The zero-order valence-electron chi connectivity index (χ0n) is 13.5. The molecule has 1 aromatic carbocycles. The standard InChI is InChI=1S/C17H19N3O4/c1-11(13-4-5-14-15(7-13)24-10-23-14)20-17(21)19-9-12-3-6-16(22-2)18-8-12/h3-8,11H,9-10H2,1-2H3,(H2,19,20,21). The van der Waals surface area contributed by atoms with Crippen LogP contribution in [-0.4, -0.2) is 24.9 Å². The minimum absolute atomic E-state index is 0.159. The Bertz CT molecular complexity index is 718. The third-order valence-electron chi connectivity index (χ3n) is 3.70. The highest BCUT2D eigenvalue weighted by atomic mass is 16.7. The van der Waals surface area contributed by atoms with Crippen molar-refractivity contribution in [3.8, 4) is 17.4 Å². The molecule has 7 heteroatoms. The van der Waals surface area contributed by atoms with Crippen molar-refractivity contribution >= 4 is 6.03 Å². The van der Waals surface area contributed by atoms with Gasteiger partial charge < -0.3 is 24.8 Å². The van der Waals surface area contributed by atoms with Gasteiger partial charge in [-0.2, -0.15) is 0 Å². The smallest absolute Gasteiger partial charge is 0.315 e. The Morgan fingerprint density at radius 3 is 2.88 bits per heavy atom. The summed E-state index contributed by atoms with van der Waals surface area (Å²) in [6, 6.07) is 8.82. The van der Waals surface area contributed by atoms with Crippen LogP contribution < -0.4 is 24.8 Å². The second-order valence-electron chi connectivity index (χ2n) is 5.37. The van der Waals surface area contributed by atoms with Crippen molar-refractivity contribution < 1.29 is 19.0 Å². The molecule has 2 N–H and O–H groups in total. The largest absolute Gasteiger partial charge is 0.481 e. The van der Waals surface area contributed by atoms with Crippen molar-refractivity contribution in [3.05, 3.63) is 47.7 Å². The van der Waals surface area contributed by atoms with E-state index in [1.165, 1.54) is 0 Å². The Morgan fingerprint density at radius 2 is 2.12 bits per heavy atom. The maximum atomic E-state index is 12.0. The summed E-state index contributed by atoms with van der Waals surface area (Å²) in [6.45, 7) is 2.53. The summed E-state index contributed by atoms with van der Waals surface area (Å²) in [4.78, 5) is 16.1. The Labute approximate surface area is 139 Å². The molecule has 0 saturated carbocycles. The summed E-state index contributed by atoms with van der Waals surface area (Å²) in [5.74, 6) is 1.97. The Balaban J connectivity index is 1.52. The Morgan fingerprint density at radius 1 is 1.29 bits per heavy atom. The van der Waals surface area contributed by atoms with Gasteiger partial charge in [-0.25, -0.2) is 9.78 Å². The first kappa shape index (κ1) is 15.9. The molecule has 2 heterocycles. The van der Waals surface area contributed by atoms with E-state index in [2.05, 4.69) is 15.6 Å². The molecule has 1 aliphatic rings. The molecule has 0 radical (unpaired) electrons. The molecule has 0 saturated heterocycles. The number of hydrogen-bond acceptors (Lipinski definition) is 5. The van der Waals surface area contributed by atoms with Gasteiger partial charge in [0.15, 0.2) is 11.5 Å². The van der Waals surface area contributed by atoms with E-state index in [9.17, 15) is 4.79 Å². The quantitative estimate of drug-likeness (QED) is 0.880. The van der Waals surface area contributed by atoms with Crippen molar-refractivity contribution in [2.45, 2.75) is 19.5 Å². The van der Waals surface area contributed by atoms with Gasteiger partial charge in [0.1, 0.15) is 0 Å². The summed E-state index contributed by atoms with van der Waals surface area (Å²) >= 11 is 0. The number of nitrogens with one attached hydrogen (secondary N) is 2. The number of nitrogens with zero attached hydrogens (tertiary/aromatic N) is 1. The molecule has 24 heavy (non-hydrogen) atoms. The number of urea groups is 1. The molecule has 3 rings (SSSR count). The molecule has 2 aromatic rings. The predicted molar refractivity (Wildman–Crippen MR) is 87.1 cm³/mol. The van der Waals surface area contributed by atoms with E-state index in [-0.39, 0.29) is 18.9 Å². The van der Waals surface area contributed by atoms with Crippen molar-refractivity contribution in [2.24, 2.45) is 0 Å². The fraction of sp³-hybridized carbons (Fsp3) is 0.294. The van der Waals surface area contributed by atoms with Gasteiger partial charge in [0.05, 0.1) is 13.2 Å². The van der Waals surface area contributed by atoms with Gasteiger partial charge in [0.25, 0.3) is 0 Å². The average Bonchev–Trinajstić information content (AvgIpc) is 3.08. The van der Waals surface area contributed by atoms with Gasteiger partial charge in [0.2, 0.25) is 12.7 Å². The van der Waals surface area contributed by atoms with E-state index in [1.807, 2.05) is 31.2 Å². The number of fused-ring (bicyclic) bond motifs is 1. The average molecular weight is 329 g/mol. The fourth-order valence-corrected chi connectivity index (χ4v) is 2.33. The summed E-state index contributed by atoms with van der Waals surface area (Å²) < 4.78 is 15.6. The van der Waals surface area contributed by atoms with Crippen LogP contribution in [0, 0.1) is 0 Å². The predicted octanol–water partition coefficient (Wildman–Crippen LogP) is 2.38. The van der Waals surface area contributed by atoms with Gasteiger partial charge in [0, 0.05) is 18.8 Å². The molecular weight excluding hydrogens is 310 g/mol. The number of benzene rings is 1. The lowest BCUT2D eigenvalue weighted by Gasteiger charge is -2.15. The summed E-state index contributed by atoms with van der Waals surface area (Å²) in [5.41, 5.74) is 1.84. The van der Waals surface area contributed by atoms with Crippen LogP contribution in [0.25, 0.3) is 0 Å². The van der Waals surface area contributed by atoms with Crippen molar-refractivity contribution in [1.82, 2.24) is 15.6 Å². The maximum Gasteiger partial charge on any atom is 0.315 e. The normalized spacial score (nSPS) is 13.2. The van der Waals surface area contributed by atoms with Gasteiger partial charge in [-0.1, -0.05) is 12.1 Å². The molecule has 1 aromatic heterocycles. The van der Waals surface area contributed by atoms with Crippen molar-refractivity contribution in [3.63, 3.8) is 0 Å². The highest BCUT2D eigenvalue weighted by Gasteiger charge is 2.16. The minimum Gasteiger partial charge on any atom is -0.481 e. The van der Waals surface area contributed by atoms with Crippen LogP contribution in [0.15, 0.2) is 36.5 Å². The van der Waals surface area contributed by atoms with Crippen LogP contribution in [-0.2, 0) is 6.54 Å². The third-order valence-corrected chi connectivity index (χ3v) is 3.70. The number of methoxy groups -OCH3 is 1. The number of carbonyl (C=O) groups is 1. The topological polar surface area (TPSA) is 81.7 Å². The molecule has 2 amide bonds. The lowest BCUT2D eigenvalue weighted by atomic mass is 10.1. The first-order valence-electron chi connectivity index (χ1n) is 7.58. The number of pyridine rings is 1. The Kier molecular flexibility index (Phi) is 4.69. The molecule has 126 valence electrons. The summed E-state index contributed by atoms with van der Waals surface area (Å²) in [5, 5.41) is 5.69. The second-order valence-corrected chi connectivity index (χ2v) is 5.37. The second kappa shape index (κ2) is 7.08. The van der Waals surface area contributed by atoms with E-state index in [0.717, 1.165) is 16.9 Å². The van der Waals surface area contributed by atoms with E-state index >= 15 is 0 Å². The molecule has 1 atom stereocenters. The number of ether oxygens (including phenoxy) is 3. The zero-order chi connectivity index (χ0) is 16.9. The van der Waals surface area contributed by atoms with E-state index in [4.69, 9.17) is 14.2 Å². The minimum atomic E-state index is -0.254. The zero-order valence-corrected chi connectivity index (χ0v) is 13.5. The van der Waals surface area contributed by atoms with Crippen LogP contribution in [0.2, 0.25) is 0 Å². The van der Waals surface area contributed by atoms with E-state index < -0.39 is 0 Å². The molecule has 0 bridgehead atoms. The van der Waals surface area contributed by atoms with Crippen molar-refractivity contribution in [2.75, 3.05) is 13.9 Å². The van der Waals surface area contributed by atoms with E-state index in [1.54, 1.807) is 19.4 Å². The maximum absolute atomic E-state index is 12.0. The molecule has 1 aliphatic heterocycles.